The summed E-state index contributed by atoms with van der Waals surface area (Å²) in [5, 5.41) is 4.15. The van der Waals surface area contributed by atoms with Gasteiger partial charge >= 0.3 is 0 Å². The second-order valence-electron chi connectivity index (χ2n) is 7.92. The van der Waals surface area contributed by atoms with E-state index in [2.05, 4.69) is 43.1 Å². The summed E-state index contributed by atoms with van der Waals surface area (Å²) in [7, 11) is 0. The molecule has 2 aliphatic rings. The van der Waals surface area contributed by atoms with E-state index in [-0.39, 0.29) is 18.9 Å². The molecule has 6 rings (SSSR count). The van der Waals surface area contributed by atoms with Gasteiger partial charge in [-0.15, -0.1) is 0 Å². The zero-order valence-electron chi connectivity index (χ0n) is 17.7. The van der Waals surface area contributed by atoms with Crippen LogP contribution >= 0.6 is 12.2 Å². The third-order valence-corrected chi connectivity index (χ3v) is 6.27. The Kier molecular flexibility index (Phi) is 4.92. The Morgan fingerprint density at radius 2 is 1.79 bits per heavy atom. The third kappa shape index (κ3) is 3.58. The molecule has 0 radical (unpaired) electrons. The number of fused-ring (bicyclic) bond motifs is 1. The summed E-state index contributed by atoms with van der Waals surface area (Å²) in [6.07, 6.45) is 5.71. The van der Waals surface area contributed by atoms with Crippen LogP contribution in [-0.2, 0) is 6.54 Å². The zero-order valence-corrected chi connectivity index (χ0v) is 18.5. The molecular weight excluding hydrogens is 434 g/mol. The molecule has 1 N–H and O–H groups in total. The highest BCUT2D eigenvalue weighted by molar-refractivity contribution is 7.80. The molecule has 0 aliphatic carbocycles. The lowest BCUT2D eigenvalue weighted by Gasteiger charge is -2.29. The van der Waals surface area contributed by atoms with Crippen molar-refractivity contribution in [2.24, 2.45) is 0 Å². The van der Waals surface area contributed by atoms with Gasteiger partial charge in [0.25, 0.3) is 0 Å². The number of aromatic nitrogens is 3. The Morgan fingerprint density at radius 1 is 0.939 bits per heavy atom. The standard InChI is InChI=1S/C25H21N5O2S/c33-25-28-23(19-7-2-4-12-27-19)24(30(25)18-9-10-21-22(14-18)32-16-31-21)20-8-5-13-29(20)15-17-6-1-3-11-26-17/h1-14,23-24H,15-16H2,(H,28,33)/t23-,24-/m0/s1. The van der Waals surface area contributed by atoms with E-state index in [1.807, 2.05) is 67.0 Å². The lowest BCUT2D eigenvalue weighted by Crippen LogP contribution is -2.30. The van der Waals surface area contributed by atoms with E-state index < -0.39 is 0 Å². The molecule has 2 aliphatic heterocycles. The van der Waals surface area contributed by atoms with Gasteiger partial charge in [0.05, 0.1) is 24.0 Å². The molecule has 7 nitrogen and oxygen atoms in total. The first-order chi connectivity index (χ1) is 16.3. The molecule has 0 unspecified atom stereocenters. The predicted octanol–water partition coefficient (Wildman–Crippen LogP) is 4.23. The van der Waals surface area contributed by atoms with Crippen molar-refractivity contribution in [2.45, 2.75) is 18.6 Å². The number of nitrogens with one attached hydrogen (secondary N) is 1. The number of ether oxygens (including phenoxy) is 2. The number of pyridine rings is 2. The van der Waals surface area contributed by atoms with E-state index in [1.54, 1.807) is 0 Å². The molecule has 33 heavy (non-hydrogen) atoms. The van der Waals surface area contributed by atoms with E-state index in [1.165, 1.54) is 0 Å². The average Bonchev–Trinajstić information content (AvgIpc) is 3.58. The molecule has 1 fully saturated rings. The van der Waals surface area contributed by atoms with Crippen molar-refractivity contribution in [3.8, 4) is 11.5 Å². The molecule has 8 heteroatoms. The molecular formula is C25H21N5O2S. The lowest BCUT2D eigenvalue weighted by molar-refractivity contribution is 0.174. The minimum absolute atomic E-state index is 0.119. The number of rotatable bonds is 5. The van der Waals surface area contributed by atoms with Crippen LogP contribution in [0.3, 0.4) is 0 Å². The maximum atomic E-state index is 5.84. The summed E-state index contributed by atoms with van der Waals surface area (Å²) in [5.74, 6) is 1.47. The third-order valence-electron chi connectivity index (χ3n) is 5.96. The monoisotopic (exact) mass is 455 g/mol. The van der Waals surface area contributed by atoms with Gasteiger partial charge in [0.1, 0.15) is 6.04 Å². The van der Waals surface area contributed by atoms with Crippen LogP contribution in [0.5, 0.6) is 11.5 Å². The van der Waals surface area contributed by atoms with Crippen molar-refractivity contribution in [3.63, 3.8) is 0 Å². The quantitative estimate of drug-likeness (QED) is 0.452. The number of hydrogen-bond acceptors (Lipinski definition) is 5. The van der Waals surface area contributed by atoms with Crippen LogP contribution in [0.15, 0.2) is 85.3 Å². The lowest BCUT2D eigenvalue weighted by atomic mass is 10.0. The molecule has 0 saturated carbocycles. The van der Waals surface area contributed by atoms with Crippen LogP contribution in [0.4, 0.5) is 5.69 Å². The maximum absolute atomic E-state index is 5.84. The second-order valence-corrected chi connectivity index (χ2v) is 8.30. The zero-order chi connectivity index (χ0) is 22.2. The minimum Gasteiger partial charge on any atom is -0.454 e. The van der Waals surface area contributed by atoms with Crippen molar-refractivity contribution >= 4 is 23.0 Å². The first-order valence-corrected chi connectivity index (χ1v) is 11.1. The van der Waals surface area contributed by atoms with Gasteiger partial charge in [-0.1, -0.05) is 12.1 Å². The van der Waals surface area contributed by atoms with Gasteiger partial charge in [0, 0.05) is 36.0 Å². The first-order valence-electron chi connectivity index (χ1n) is 10.7. The highest BCUT2D eigenvalue weighted by atomic mass is 32.1. The van der Waals surface area contributed by atoms with Gasteiger partial charge < -0.3 is 24.3 Å². The summed E-state index contributed by atoms with van der Waals surface area (Å²) in [6, 6.07) is 21.8. The van der Waals surface area contributed by atoms with Crippen molar-refractivity contribution in [1.29, 1.82) is 0 Å². The Labute approximate surface area is 196 Å². The number of benzene rings is 1. The van der Waals surface area contributed by atoms with Gasteiger partial charge in [-0.25, -0.2) is 0 Å². The molecule has 0 spiro atoms. The van der Waals surface area contributed by atoms with Crippen LogP contribution in [0.25, 0.3) is 0 Å². The van der Waals surface area contributed by atoms with E-state index >= 15 is 0 Å². The fourth-order valence-corrected chi connectivity index (χ4v) is 4.82. The minimum atomic E-state index is -0.124. The number of nitrogens with zero attached hydrogens (tertiary/aromatic N) is 4. The number of thiocarbonyl (C=S) groups is 1. The van der Waals surface area contributed by atoms with Gasteiger partial charge in [-0.3, -0.25) is 9.97 Å². The summed E-state index contributed by atoms with van der Waals surface area (Å²) in [4.78, 5) is 11.3. The topological polar surface area (TPSA) is 64.4 Å². The van der Waals surface area contributed by atoms with Crippen molar-refractivity contribution in [2.75, 3.05) is 11.7 Å². The van der Waals surface area contributed by atoms with E-state index in [0.29, 0.717) is 11.7 Å². The molecule has 1 aromatic carbocycles. The smallest absolute Gasteiger partial charge is 0.231 e. The molecule has 5 heterocycles. The molecule has 3 aromatic heterocycles. The van der Waals surface area contributed by atoms with Gasteiger partial charge in [-0.2, -0.15) is 0 Å². The first kappa shape index (κ1) is 19.8. The fourth-order valence-electron chi connectivity index (χ4n) is 4.47. The largest absolute Gasteiger partial charge is 0.454 e. The molecule has 2 atom stereocenters. The van der Waals surface area contributed by atoms with Gasteiger partial charge in [-0.05, 0) is 60.7 Å². The van der Waals surface area contributed by atoms with E-state index in [4.69, 9.17) is 21.7 Å². The molecule has 0 bridgehead atoms. The fraction of sp³-hybridized carbons (Fsp3) is 0.160. The molecule has 1 saturated heterocycles. The predicted molar refractivity (Wildman–Crippen MR) is 128 cm³/mol. The number of anilines is 1. The Morgan fingerprint density at radius 3 is 2.61 bits per heavy atom. The Hall–Kier alpha value is -3.91. The SMILES string of the molecule is S=C1N[C@@H](c2ccccn2)[C@H](c2cccn2Cc2ccccn2)N1c1ccc2c(c1)OCO2. The Bertz CT molecular complexity index is 1290. The normalized spacial score (nSPS) is 19.0. The van der Waals surface area contributed by atoms with Crippen LogP contribution in [0.1, 0.15) is 29.2 Å². The summed E-state index contributed by atoms with van der Waals surface area (Å²) < 4.78 is 13.4. The summed E-state index contributed by atoms with van der Waals surface area (Å²) in [5.41, 5.74) is 3.97. The van der Waals surface area contributed by atoms with E-state index in [0.717, 1.165) is 34.3 Å². The van der Waals surface area contributed by atoms with Crippen LogP contribution in [0.2, 0.25) is 0 Å². The second kappa shape index (κ2) is 8.22. The Balaban J connectivity index is 1.45. The highest BCUT2D eigenvalue weighted by Gasteiger charge is 2.42. The van der Waals surface area contributed by atoms with E-state index in [9.17, 15) is 0 Å². The van der Waals surface area contributed by atoms with Crippen molar-refractivity contribution < 1.29 is 9.47 Å². The van der Waals surface area contributed by atoms with Crippen LogP contribution in [-0.4, -0.2) is 26.4 Å². The van der Waals surface area contributed by atoms with Gasteiger partial charge in [0.15, 0.2) is 16.6 Å². The average molecular weight is 456 g/mol. The molecule has 4 aromatic rings. The van der Waals surface area contributed by atoms with Crippen molar-refractivity contribution in [3.05, 3.63) is 102 Å². The molecule has 0 amide bonds. The van der Waals surface area contributed by atoms with Crippen LogP contribution < -0.4 is 19.7 Å². The van der Waals surface area contributed by atoms with Crippen LogP contribution in [0, 0.1) is 0 Å². The highest BCUT2D eigenvalue weighted by Crippen LogP contribution is 2.44. The summed E-state index contributed by atoms with van der Waals surface area (Å²) in [6.45, 7) is 0.894. The number of hydrogen-bond donors (Lipinski definition) is 1. The van der Waals surface area contributed by atoms with Crippen molar-refractivity contribution in [1.82, 2.24) is 19.9 Å². The maximum Gasteiger partial charge on any atom is 0.231 e. The summed E-state index contributed by atoms with van der Waals surface area (Å²) >= 11 is 5.84. The molecule has 164 valence electrons. The van der Waals surface area contributed by atoms with Gasteiger partial charge in [0.2, 0.25) is 6.79 Å².